The first kappa shape index (κ1) is 23.3. The highest BCUT2D eigenvalue weighted by molar-refractivity contribution is 7.92. The lowest BCUT2D eigenvalue weighted by Gasteiger charge is -2.28. The zero-order valence-electron chi connectivity index (χ0n) is 18.9. The van der Waals surface area contributed by atoms with Crippen LogP contribution < -0.4 is 9.62 Å². The van der Waals surface area contributed by atoms with Gasteiger partial charge in [-0.3, -0.25) is 14.0 Å². The van der Waals surface area contributed by atoms with Gasteiger partial charge in [-0.25, -0.2) is 8.42 Å². The van der Waals surface area contributed by atoms with E-state index in [4.69, 9.17) is 0 Å². The summed E-state index contributed by atoms with van der Waals surface area (Å²) in [6.07, 6.45) is 3.68. The second-order valence-corrected chi connectivity index (χ2v) is 10.5. The summed E-state index contributed by atoms with van der Waals surface area (Å²) in [4.78, 5) is 15.3. The van der Waals surface area contributed by atoms with Crippen molar-refractivity contribution in [2.45, 2.75) is 52.7 Å². The lowest BCUT2D eigenvalue weighted by molar-refractivity contribution is -0.122. The van der Waals surface area contributed by atoms with Crippen LogP contribution in [0.3, 0.4) is 0 Å². The summed E-state index contributed by atoms with van der Waals surface area (Å²) in [5.74, 6) is -0.328. The van der Waals surface area contributed by atoms with Crippen LogP contribution in [-0.2, 0) is 27.9 Å². The van der Waals surface area contributed by atoms with E-state index in [1.54, 1.807) is 19.1 Å². The Morgan fingerprint density at radius 3 is 2.13 bits per heavy atom. The van der Waals surface area contributed by atoms with Crippen molar-refractivity contribution in [1.82, 2.24) is 10.2 Å². The van der Waals surface area contributed by atoms with E-state index in [2.05, 4.69) is 22.3 Å². The number of benzene rings is 2. The van der Waals surface area contributed by atoms with Gasteiger partial charge in [0.05, 0.1) is 11.9 Å². The largest absolute Gasteiger partial charge is 0.350 e. The fourth-order valence-corrected chi connectivity index (χ4v) is 5.34. The molecule has 2 aromatic carbocycles. The first-order valence-electron chi connectivity index (χ1n) is 10.8. The number of carbonyl (C=O) groups is 1. The average molecular weight is 444 g/mol. The van der Waals surface area contributed by atoms with Gasteiger partial charge in [0.2, 0.25) is 15.9 Å². The van der Waals surface area contributed by atoms with Crippen LogP contribution >= 0.6 is 0 Å². The maximum absolute atomic E-state index is 12.8. The molecule has 1 N–H and O–H groups in total. The summed E-state index contributed by atoms with van der Waals surface area (Å²) in [7, 11) is -3.63. The van der Waals surface area contributed by atoms with Crippen LogP contribution in [-0.4, -0.2) is 44.6 Å². The van der Waals surface area contributed by atoms with E-state index in [0.29, 0.717) is 12.2 Å². The second-order valence-electron chi connectivity index (χ2n) is 8.60. The molecular formula is C24H33N3O3S. The zero-order chi connectivity index (χ0) is 22.6. The Labute approximate surface area is 186 Å². The van der Waals surface area contributed by atoms with Crippen LogP contribution in [0.1, 0.15) is 42.0 Å². The highest BCUT2D eigenvalue weighted by atomic mass is 32.2. The van der Waals surface area contributed by atoms with Gasteiger partial charge in [-0.1, -0.05) is 30.3 Å². The molecule has 0 spiro atoms. The van der Waals surface area contributed by atoms with E-state index in [1.807, 2.05) is 32.0 Å². The number of amides is 1. The summed E-state index contributed by atoms with van der Waals surface area (Å²) < 4.78 is 26.2. The minimum Gasteiger partial charge on any atom is -0.350 e. The standard InChI is InChI=1S/C24H33N3O3S/c1-18-13-19(2)15-23(14-18)27(31(4,29)30)20(3)24(28)25-16-21-7-9-22(10-8-21)17-26-11-5-6-12-26/h7-10,13-15,20H,5-6,11-12,16-17H2,1-4H3,(H,25,28)/t20-/m1/s1. The lowest BCUT2D eigenvalue weighted by atomic mass is 10.1. The Balaban J connectivity index is 1.65. The molecule has 1 atom stereocenters. The van der Waals surface area contributed by atoms with E-state index >= 15 is 0 Å². The number of carbonyl (C=O) groups excluding carboxylic acids is 1. The number of nitrogens with zero attached hydrogens (tertiary/aromatic N) is 2. The molecule has 0 saturated carbocycles. The molecule has 1 fully saturated rings. The Morgan fingerprint density at radius 2 is 1.58 bits per heavy atom. The van der Waals surface area contributed by atoms with Crippen molar-refractivity contribution in [1.29, 1.82) is 0 Å². The van der Waals surface area contributed by atoms with E-state index < -0.39 is 16.1 Å². The topological polar surface area (TPSA) is 69.7 Å². The summed E-state index contributed by atoms with van der Waals surface area (Å²) in [6.45, 7) is 9.08. The summed E-state index contributed by atoms with van der Waals surface area (Å²) >= 11 is 0. The molecule has 1 amide bonds. The predicted octanol–water partition coefficient (Wildman–Crippen LogP) is 3.37. The zero-order valence-corrected chi connectivity index (χ0v) is 19.7. The van der Waals surface area contributed by atoms with Crippen LogP contribution in [0, 0.1) is 13.8 Å². The molecule has 0 aliphatic carbocycles. The third-order valence-electron chi connectivity index (χ3n) is 5.64. The van der Waals surface area contributed by atoms with Gasteiger partial charge in [0.25, 0.3) is 0 Å². The van der Waals surface area contributed by atoms with Crippen molar-refractivity contribution in [3.8, 4) is 0 Å². The fraction of sp³-hybridized carbons (Fsp3) is 0.458. The molecule has 0 bridgehead atoms. The number of hydrogen-bond acceptors (Lipinski definition) is 4. The Kier molecular flexibility index (Phi) is 7.38. The van der Waals surface area contributed by atoms with Crippen LogP contribution in [0.4, 0.5) is 5.69 Å². The van der Waals surface area contributed by atoms with Gasteiger partial charge < -0.3 is 5.32 Å². The first-order valence-corrected chi connectivity index (χ1v) is 12.6. The molecule has 1 heterocycles. The average Bonchev–Trinajstić information content (AvgIpc) is 3.18. The molecule has 7 heteroatoms. The number of nitrogens with one attached hydrogen (secondary N) is 1. The number of anilines is 1. The van der Waals surface area contributed by atoms with Crippen molar-refractivity contribution >= 4 is 21.6 Å². The number of likely N-dealkylation sites (tertiary alicyclic amines) is 1. The summed E-state index contributed by atoms with van der Waals surface area (Å²) in [5.41, 5.74) is 4.66. The monoisotopic (exact) mass is 443 g/mol. The number of sulfonamides is 1. The molecule has 0 aromatic heterocycles. The molecule has 168 valence electrons. The highest BCUT2D eigenvalue weighted by Crippen LogP contribution is 2.24. The van der Waals surface area contributed by atoms with Crippen LogP contribution in [0.2, 0.25) is 0 Å². The van der Waals surface area contributed by atoms with Crippen molar-refractivity contribution in [3.05, 3.63) is 64.7 Å². The van der Waals surface area contributed by atoms with Gasteiger partial charge in [0, 0.05) is 13.1 Å². The Morgan fingerprint density at radius 1 is 1.03 bits per heavy atom. The van der Waals surface area contributed by atoms with Crippen molar-refractivity contribution in [2.24, 2.45) is 0 Å². The highest BCUT2D eigenvalue weighted by Gasteiger charge is 2.29. The molecule has 6 nitrogen and oxygen atoms in total. The fourth-order valence-electron chi connectivity index (χ4n) is 4.19. The van der Waals surface area contributed by atoms with Crippen LogP contribution in [0.15, 0.2) is 42.5 Å². The number of rotatable bonds is 8. The van der Waals surface area contributed by atoms with Gasteiger partial charge in [0.15, 0.2) is 0 Å². The Bertz CT molecular complexity index is 993. The summed E-state index contributed by atoms with van der Waals surface area (Å²) in [5, 5.41) is 2.89. The smallest absolute Gasteiger partial charge is 0.243 e. The number of hydrogen-bond donors (Lipinski definition) is 1. The minimum absolute atomic E-state index is 0.328. The van der Waals surface area contributed by atoms with E-state index in [1.165, 1.54) is 22.7 Å². The maximum Gasteiger partial charge on any atom is 0.243 e. The van der Waals surface area contributed by atoms with E-state index in [-0.39, 0.29) is 5.91 Å². The SMILES string of the molecule is Cc1cc(C)cc(N([C@H](C)C(=O)NCc2ccc(CN3CCCC3)cc2)S(C)(=O)=O)c1. The number of aryl methyl sites for hydroxylation is 2. The summed E-state index contributed by atoms with van der Waals surface area (Å²) in [6, 6.07) is 12.9. The van der Waals surface area contributed by atoms with Gasteiger partial charge in [-0.05, 0) is 81.1 Å². The molecule has 31 heavy (non-hydrogen) atoms. The quantitative estimate of drug-likeness (QED) is 0.679. The molecule has 1 aliphatic rings. The van der Waals surface area contributed by atoms with Crippen molar-refractivity contribution < 1.29 is 13.2 Å². The molecule has 3 rings (SSSR count). The van der Waals surface area contributed by atoms with Crippen molar-refractivity contribution in [2.75, 3.05) is 23.7 Å². The predicted molar refractivity (Wildman–Crippen MR) is 126 cm³/mol. The molecular weight excluding hydrogens is 410 g/mol. The van der Waals surface area contributed by atoms with E-state index in [0.717, 1.165) is 42.6 Å². The second kappa shape index (κ2) is 9.83. The third kappa shape index (κ3) is 6.31. The van der Waals surface area contributed by atoms with Crippen LogP contribution in [0.5, 0.6) is 0 Å². The van der Waals surface area contributed by atoms with Gasteiger partial charge >= 0.3 is 0 Å². The molecule has 1 saturated heterocycles. The van der Waals surface area contributed by atoms with Gasteiger partial charge in [0.1, 0.15) is 6.04 Å². The molecule has 0 unspecified atom stereocenters. The normalized spacial score (nSPS) is 15.6. The first-order chi connectivity index (χ1) is 14.6. The molecule has 1 aliphatic heterocycles. The minimum atomic E-state index is -3.63. The third-order valence-corrected chi connectivity index (χ3v) is 6.89. The van der Waals surface area contributed by atoms with Crippen molar-refractivity contribution in [3.63, 3.8) is 0 Å². The van der Waals surface area contributed by atoms with Crippen LogP contribution in [0.25, 0.3) is 0 Å². The lowest BCUT2D eigenvalue weighted by Crippen LogP contribution is -2.47. The van der Waals surface area contributed by atoms with Gasteiger partial charge in [-0.15, -0.1) is 0 Å². The Hall–Kier alpha value is -2.38. The molecule has 2 aromatic rings. The maximum atomic E-state index is 12.8. The van der Waals surface area contributed by atoms with Gasteiger partial charge in [-0.2, -0.15) is 0 Å². The van der Waals surface area contributed by atoms with E-state index in [9.17, 15) is 13.2 Å². The molecule has 0 radical (unpaired) electrons.